The largest absolute Gasteiger partial charge is 0.497 e. The summed E-state index contributed by atoms with van der Waals surface area (Å²) in [5.74, 6) is 0.896. The topological polar surface area (TPSA) is 89.7 Å². The number of pyridine rings is 1. The maximum Gasteiger partial charge on any atom is 0.272 e. The number of benzene rings is 2. The molecule has 0 aliphatic rings. The molecule has 3 rings (SSSR count). The van der Waals surface area contributed by atoms with Crippen molar-refractivity contribution in [1.82, 2.24) is 4.98 Å². The number of anilines is 1. The molecule has 0 bridgehead atoms. The summed E-state index contributed by atoms with van der Waals surface area (Å²) in [5.41, 5.74) is 1.09. The molecular weight excluding hydrogens is 360 g/mol. The molecule has 0 aliphatic heterocycles. The van der Waals surface area contributed by atoms with Gasteiger partial charge < -0.3 is 24.5 Å². The summed E-state index contributed by atoms with van der Waals surface area (Å²) in [6.45, 7) is 0.201. The molecule has 2 N–H and O–H groups in total. The Morgan fingerprint density at radius 2 is 1.82 bits per heavy atom. The van der Waals surface area contributed by atoms with Crippen LogP contribution in [0.4, 0.5) is 5.69 Å². The van der Waals surface area contributed by atoms with Gasteiger partial charge in [0.2, 0.25) is 5.43 Å². The van der Waals surface area contributed by atoms with Crippen molar-refractivity contribution >= 4 is 11.6 Å². The highest BCUT2D eigenvalue weighted by atomic mass is 16.5. The normalized spacial score (nSPS) is 10.2. The number of carbonyl (C=O) groups excluding carboxylic acids is 1. The average molecular weight is 380 g/mol. The van der Waals surface area contributed by atoms with Crippen molar-refractivity contribution in [3.8, 4) is 17.2 Å². The van der Waals surface area contributed by atoms with Crippen molar-refractivity contribution in [1.29, 1.82) is 0 Å². The van der Waals surface area contributed by atoms with Gasteiger partial charge in [-0.2, -0.15) is 0 Å². The lowest BCUT2D eigenvalue weighted by Gasteiger charge is -2.10. The van der Waals surface area contributed by atoms with E-state index in [0.717, 1.165) is 5.56 Å². The Labute approximate surface area is 161 Å². The number of para-hydroxylation sites is 2. The molecule has 28 heavy (non-hydrogen) atoms. The monoisotopic (exact) mass is 380 g/mol. The fourth-order valence-corrected chi connectivity index (χ4v) is 2.56. The lowest BCUT2D eigenvalue weighted by atomic mass is 10.2. The molecular formula is C21H20N2O5. The first-order valence-corrected chi connectivity index (χ1v) is 8.53. The minimum absolute atomic E-state index is 0.115. The summed E-state index contributed by atoms with van der Waals surface area (Å²) in [6.07, 6.45) is 1.37. The Bertz CT molecular complexity index is 1030. The van der Waals surface area contributed by atoms with Gasteiger partial charge >= 0.3 is 0 Å². The number of rotatable bonds is 7. The van der Waals surface area contributed by atoms with Crippen LogP contribution < -0.4 is 25.0 Å². The predicted molar refractivity (Wildman–Crippen MR) is 105 cm³/mol. The van der Waals surface area contributed by atoms with Crippen molar-refractivity contribution < 1.29 is 19.0 Å². The van der Waals surface area contributed by atoms with Gasteiger partial charge in [-0.05, 0) is 29.8 Å². The van der Waals surface area contributed by atoms with Crippen LogP contribution in [0.1, 0.15) is 16.1 Å². The molecule has 1 heterocycles. The first-order valence-electron chi connectivity index (χ1n) is 8.53. The summed E-state index contributed by atoms with van der Waals surface area (Å²) < 4.78 is 15.9. The zero-order valence-electron chi connectivity index (χ0n) is 15.5. The summed E-state index contributed by atoms with van der Waals surface area (Å²) in [7, 11) is 3.10. The van der Waals surface area contributed by atoms with Crippen LogP contribution in [-0.2, 0) is 6.61 Å². The summed E-state index contributed by atoms with van der Waals surface area (Å²) in [5, 5.41) is 2.71. The zero-order chi connectivity index (χ0) is 19.9. The van der Waals surface area contributed by atoms with Gasteiger partial charge in [0, 0.05) is 12.3 Å². The van der Waals surface area contributed by atoms with Crippen LogP contribution in [0.25, 0.3) is 0 Å². The van der Waals surface area contributed by atoms with E-state index in [4.69, 9.17) is 14.2 Å². The molecule has 7 heteroatoms. The second-order valence-electron chi connectivity index (χ2n) is 5.87. The number of methoxy groups -OCH3 is 2. The minimum atomic E-state index is -0.457. The van der Waals surface area contributed by atoms with Crippen LogP contribution in [0.3, 0.4) is 0 Å². The van der Waals surface area contributed by atoms with E-state index in [1.54, 1.807) is 31.4 Å². The smallest absolute Gasteiger partial charge is 0.272 e. The third kappa shape index (κ3) is 4.50. The second kappa shape index (κ2) is 8.77. The number of aromatic amines is 1. The fourth-order valence-electron chi connectivity index (χ4n) is 2.56. The molecule has 0 unspecified atom stereocenters. The molecule has 144 valence electrons. The third-order valence-corrected chi connectivity index (χ3v) is 4.01. The molecule has 0 aliphatic carbocycles. The first kappa shape index (κ1) is 19.0. The Kier molecular flexibility index (Phi) is 5.96. The Morgan fingerprint density at radius 1 is 1.00 bits per heavy atom. The van der Waals surface area contributed by atoms with E-state index in [2.05, 4.69) is 10.3 Å². The van der Waals surface area contributed by atoms with E-state index in [-0.39, 0.29) is 18.1 Å². The van der Waals surface area contributed by atoms with E-state index in [9.17, 15) is 9.59 Å². The lowest BCUT2D eigenvalue weighted by Crippen LogP contribution is -2.18. The van der Waals surface area contributed by atoms with Gasteiger partial charge in [-0.1, -0.05) is 24.3 Å². The van der Waals surface area contributed by atoms with Crippen LogP contribution in [-0.4, -0.2) is 25.1 Å². The Balaban J connectivity index is 1.69. The average Bonchev–Trinajstić information content (AvgIpc) is 2.73. The Morgan fingerprint density at radius 3 is 2.57 bits per heavy atom. The van der Waals surface area contributed by atoms with Gasteiger partial charge in [0.25, 0.3) is 5.91 Å². The van der Waals surface area contributed by atoms with Crippen molar-refractivity contribution in [2.45, 2.75) is 6.61 Å². The standard InChI is InChI=1S/C21H20N2O5/c1-26-15-7-5-6-14(10-15)13-28-20-12-22-17(11-18(20)24)21(25)23-16-8-3-4-9-19(16)27-2/h3-12H,13H2,1-2H3,(H,22,24)(H,23,25). The number of ether oxygens (including phenoxy) is 3. The first-order chi connectivity index (χ1) is 13.6. The fraction of sp³-hybridized carbons (Fsp3) is 0.143. The van der Waals surface area contributed by atoms with Gasteiger partial charge in [0.15, 0.2) is 5.75 Å². The van der Waals surface area contributed by atoms with Crippen molar-refractivity contribution in [2.24, 2.45) is 0 Å². The Hall–Kier alpha value is -3.74. The number of H-pyrrole nitrogens is 1. The number of aromatic nitrogens is 1. The maximum atomic E-state index is 12.4. The van der Waals surface area contributed by atoms with Gasteiger partial charge in [0.1, 0.15) is 23.8 Å². The SMILES string of the molecule is COc1cccc(COc2c[nH]c(C(=O)Nc3ccccc3OC)cc2=O)c1. The molecule has 2 aromatic carbocycles. The van der Waals surface area contributed by atoms with Crippen LogP contribution in [0, 0.1) is 0 Å². The van der Waals surface area contributed by atoms with Crippen molar-refractivity contribution in [2.75, 3.05) is 19.5 Å². The zero-order valence-corrected chi connectivity index (χ0v) is 15.5. The molecule has 1 amide bonds. The molecule has 0 atom stereocenters. The van der Waals surface area contributed by atoms with Crippen molar-refractivity contribution in [3.05, 3.63) is 82.3 Å². The quantitative estimate of drug-likeness (QED) is 0.657. The minimum Gasteiger partial charge on any atom is -0.497 e. The number of amides is 1. The number of hydrogen-bond acceptors (Lipinski definition) is 5. The number of nitrogens with one attached hydrogen (secondary N) is 2. The molecule has 0 saturated heterocycles. The summed E-state index contributed by atoms with van der Waals surface area (Å²) >= 11 is 0. The molecule has 0 radical (unpaired) electrons. The molecule has 0 saturated carbocycles. The molecule has 0 spiro atoms. The van der Waals surface area contributed by atoms with Crippen LogP contribution >= 0.6 is 0 Å². The highest BCUT2D eigenvalue weighted by Gasteiger charge is 2.12. The second-order valence-corrected chi connectivity index (χ2v) is 5.87. The summed E-state index contributed by atoms with van der Waals surface area (Å²) in [6, 6.07) is 15.6. The van der Waals surface area contributed by atoms with E-state index in [0.29, 0.717) is 17.2 Å². The third-order valence-electron chi connectivity index (χ3n) is 4.01. The van der Waals surface area contributed by atoms with Crippen LogP contribution in [0.5, 0.6) is 17.2 Å². The highest BCUT2D eigenvalue weighted by Crippen LogP contribution is 2.23. The highest BCUT2D eigenvalue weighted by molar-refractivity contribution is 6.03. The predicted octanol–water partition coefficient (Wildman–Crippen LogP) is 3.22. The van der Waals surface area contributed by atoms with Gasteiger partial charge in [-0.15, -0.1) is 0 Å². The molecule has 7 nitrogen and oxygen atoms in total. The molecule has 3 aromatic rings. The van der Waals surface area contributed by atoms with Gasteiger partial charge in [-0.25, -0.2) is 0 Å². The van der Waals surface area contributed by atoms with Crippen molar-refractivity contribution in [3.63, 3.8) is 0 Å². The van der Waals surface area contributed by atoms with E-state index >= 15 is 0 Å². The summed E-state index contributed by atoms with van der Waals surface area (Å²) in [4.78, 5) is 27.5. The molecule has 0 fully saturated rings. The van der Waals surface area contributed by atoms with Crippen LogP contribution in [0.15, 0.2) is 65.6 Å². The number of hydrogen-bond donors (Lipinski definition) is 2. The maximum absolute atomic E-state index is 12.4. The lowest BCUT2D eigenvalue weighted by molar-refractivity contribution is 0.102. The van der Waals surface area contributed by atoms with E-state index in [1.807, 2.05) is 24.3 Å². The van der Waals surface area contributed by atoms with E-state index in [1.165, 1.54) is 19.4 Å². The molecule has 1 aromatic heterocycles. The van der Waals surface area contributed by atoms with Crippen LogP contribution in [0.2, 0.25) is 0 Å². The number of carbonyl (C=O) groups is 1. The van der Waals surface area contributed by atoms with Gasteiger partial charge in [0.05, 0.1) is 19.9 Å². The van der Waals surface area contributed by atoms with Gasteiger partial charge in [-0.3, -0.25) is 9.59 Å². The van der Waals surface area contributed by atoms with E-state index < -0.39 is 11.3 Å².